The predicted octanol–water partition coefficient (Wildman–Crippen LogP) is 2.74. The number of hydrogen-bond acceptors (Lipinski definition) is 3. The van der Waals surface area contributed by atoms with Gasteiger partial charge in [-0.2, -0.15) is 0 Å². The molecule has 1 aliphatic rings. The number of methoxy groups -OCH3 is 1. The second-order valence-electron chi connectivity index (χ2n) is 4.58. The van der Waals surface area contributed by atoms with Crippen molar-refractivity contribution in [2.75, 3.05) is 20.3 Å². The Hall–Kier alpha value is -1.91. The maximum absolute atomic E-state index is 12.4. The smallest absolute Gasteiger partial charge is 0.261 e. The van der Waals surface area contributed by atoms with E-state index < -0.39 is 0 Å². The lowest BCUT2D eigenvalue weighted by Crippen LogP contribution is -2.42. The molecule has 0 spiro atoms. The topological polar surface area (TPSA) is 46.6 Å². The number of carbonyl (C=O) groups excluding carboxylic acids is 2. The first-order valence-electron chi connectivity index (χ1n) is 6.21. The molecule has 0 N–H and O–H groups in total. The van der Waals surface area contributed by atoms with E-state index in [9.17, 15) is 9.59 Å². The Kier molecular flexibility index (Phi) is 3.20. The van der Waals surface area contributed by atoms with E-state index >= 15 is 0 Å². The van der Waals surface area contributed by atoms with E-state index in [1.165, 1.54) is 12.0 Å². The number of carbonyl (C=O) groups is 2. The fourth-order valence-electron chi connectivity index (χ4n) is 2.50. The van der Waals surface area contributed by atoms with E-state index in [1.807, 2.05) is 6.07 Å². The maximum atomic E-state index is 12.4. The van der Waals surface area contributed by atoms with Crippen LogP contribution in [0.2, 0.25) is 5.02 Å². The summed E-state index contributed by atoms with van der Waals surface area (Å²) in [7, 11) is 1.54. The van der Waals surface area contributed by atoms with Gasteiger partial charge in [-0.3, -0.25) is 14.5 Å². The fraction of sp³-hybridized carbons (Fsp3) is 0.200. The number of benzene rings is 2. The molecule has 3 rings (SSSR count). The number of amides is 2. The molecule has 1 aliphatic heterocycles. The second-order valence-corrected chi connectivity index (χ2v) is 4.99. The van der Waals surface area contributed by atoms with Crippen LogP contribution in [-0.4, -0.2) is 37.0 Å². The van der Waals surface area contributed by atoms with Gasteiger partial charge in [-0.05, 0) is 18.2 Å². The third-order valence-corrected chi connectivity index (χ3v) is 3.79. The Bertz CT molecular complexity index is 704. The third-order valence-electron chi connectivity index (χ3n) is 3.46. The molecule has 1 heterocycles. The summed E-state index contributed by atoms with van der Waals surface area (Å²) >= 11 is 6.14. The van der Waals surface area contributed by atoms with Crippen LogP contribution in [0.5, 0.6) is 0 Å². The summed E-state index contributed by atoms with van der Waals surface area (Å²) in [6.45, 7) is 0.559. The highest BCUT2D eigenvalue weighted by Crippen LogP contribution is 2.33. The zero-order chi connectivity index (χ0) is 14.3. The Morgan fingerprint density at radius 3 is 2.50 bits per heavy atom. The maximum Gasteiger partial charge on any atom is 0.261 e. The number of halogens is 1. The van der Waals surface area contributed by atoms with Crippen LogP contribution in [0, 0.1) is 0 Å². The number of rotatable bonds is 3. The van der Waals surface area contributed by atoms with E-state index in [0.29, 0.717) is 28.1 Å². The van der Waals surface area contributed by atoms with Crippen molar-refractivity contribution >= 4 is 34.2 Å². The van der Waals surface area contributed by atoms with Gasteiger partial charge in [-0.1, -0.05) is 23.7 Å². The van der Waals surface area contributed by atoms with Crippen LogP contribution in [0.3, 0.4) is 0 Å². The van der Waals surface area contributed by atoms with Crippen LogP contribution in [0.4, 0.5) is 0 Å². The zero-order valence-electron chi connectivity index (χ0n) is 10.9. The minimum atomic E-state index is -0.299. The van der Waals surface area contributed by atoms with Crippen LogP contribution in [-0.2, 0) is 4.74 Å². The predicted molar refractivity (Wildman–Crippen MR) is 76.2 cm³/mol. The molecule has 0 aromatic heterocycles. The molecule has 0 atom stereocenters. The van der Waals surface area contributed by atoms with Gasteiger partial charge in [0.05, 0.1) is 13.2 Å². The van der Waals surface area contributed by atoms with Gasteiger partial charge >= 0.3 is 0 Å². The minimum Gasteiger partial charge on any atom is -0.383 e. The van der Waals surface area contributed by atoms with Crippen LogP contribution in [0.25, 0.3) is 10.8 Å². The lowest BCUT2D eigenvalue weighted by atomic mass is 9.94. The molecule has 4 nitrogen and oxygen atoms in total. The molecule has 20 heavy (non-hydrogen) atoms. The molecule has 2 aromatic rings. The number of ether oxygens (including phenoxy) is 1. The van der Waals surface area contributed by atoms with E-state index in [2.05, 4.69) is 0 Å². The zero-order valence-corrected chi connectivity index (χ0v) is 11.6. The van der Waals surface area contributed by atoms with Crippen LogP contribution in [0.15, 0.2) is 30.3 Å². The van der Waals surface area contributed by atoms with Crippen LogP contribution >= 0.6 is 11.6 Å². The van der Waals surface area contributed by atoms with E-state index in [4.69, 9.17) is 16.3 Å². The highest BCUT2D eigenvalue weighted by atomic mass is 35.5. The molecule has 5 heteroatoms. The lowest BCUT2D eigenvalue weighted by molar-refractivity contribution is 0.0560. The van der Waals surface area contributed by atoms with Crippen molar-refractivity contribution in [1.29, 1.82) is 0 Å². The minimum absolute atomic E-state index is 0.243. The van der Waals surface area contributed by atoms with Gasteiger partial charge in [0.1, 0.15) is 0 Å². The third kappa shape index (κ3) is 1.80. The molecule has 2 aromatic carbocycles. The standard InChI is InChI=1S/C15H12ClNO3/c1-20-8-7-17-14(18)10-4-2-3-9-12(16)6-5-11(13(9)10)15(17)19/h2-6H,7-8H2,1H3. The average molecular weight is 290 g/mol. The number of hydrogen-bond donors (Lipinski definition) is 0. The molecule has 0 bridgehead atoms. The van der Waals surface area contributed by atoms with Gasteiger partial charge in [0.25, 0.3) is 11.8 Å². The molecular formula is C15H12ClNO3. The van der Waals surface area contributed by atoms with Crippen molar-refractivity contribution < 1.29 is 14.3 Å². The van der Waals surface area contributed by atoms with Gasteiger partial charge in [0.2, 0.25) is 0 Å². The van der Waals surface area contributed by atoms with Crippen LogP contribution in [0.1, 0.15) is 20.7 Å². The summed E-state index contributed by atoms with van der Waals surface area (Å²) < 4.78 is 4.95. The van der Waals surface area contributed by atoms with Crippen molar-refractivity contribution in [3.8, 4) is 0 Å². The molecule has 0 radical (unpaired) electrons. The van der Waals surface area contributed by atoms with E-state index in [-0.39, 0.29) is 18.4 Å². The largest absolute Gasteiger partial charge is 0.383 e. The van der Waals surface area contributed by atoms with Gasteiger partial charge in [0, 0.05) is 34.0 Å². The summed E-state index contributed by atoms with van der Waals surface area (Å²) in [6.07, 6.45) is 0. The molecule has 0 fully saturated rings. The molecule has 0 aliphatic carbocycles. The normalized spacial score (nSPS) is 14.2. The summed E-state index contributed by atoms with van der Waals surface area (Å²) in [5.41, 5.74) is 1.02. The van der Waals surface area contributed by atoms with E-state index in [0.717, 1.165) is 5.39 Å². The molecule has 2 amide bonds. The Balaban J connectivity index is 2.23. The van der Waals surface area contributed by atoms with Crippen molar-refractivity contribution in [3.05, 3.63) is 46.5 Å². The summed E-state index contributed by atoms with van der Waals surface area (Å²) in [5.74, 6) is -0.597. The van der Waals surface area contributed by atoms with Gasteiger partial charge in [0.15, 0.2) is 0 Å². The second kappa shape index (κ2) is 4.89. The highest BCUT2D eigenvalue weighted by molar-refractivity contribution is 6.38. The van der Waals surface area contributed by atoms with Crippen molar-refractivity contribution in [2.45, 2.75) is 0 Å². The van der Waals surface area contributed by atoms with Crippen LogP contribution < -0.4 is 0 Å². The summed E-state index contributed by atoms with van der Waals surface area (Å²) in [4.78, 5) is 26.1. The first-order chi connectivity index (χ1) is 9.65. The number of nitrogens with zero attached hydrogens (tertiary/aromatic N) is 1. The highest BCUT2D eigenvalue weighted by Gasteiger charge is 2.32. The van der Waals surface area contributed by atoms with Gasteiger partial charge < -0.3 is 4.74 Å². The Labute approximate surface area is 120 Å². The van der Waals surface area contributed by atoms with Gasteiger partial charge in [-0.25, -0.2) is 0 Å². The molecule has 0 saturated heterocycles. The molecular weight excluding hydrogens is 278 g/mol. The first kappa shape index (κ1) is 13.1. The number of imide groups is 1. The van der Waals surface area contributed by atoms with Crippen molar-refractivity contribution in [1.82, 2.24) is 4.90 Å². The van der Waals surface area contributed by atoms with E-state index in [1.54, 1.807) is 24.3 Å². The molecule has 0 saturated carbocycles. The fourth-order valence-corrected chi connectivity index (χ4v) is 2.72. The van der Waals surface area contributed by atoms with Crippen molar-refractivity contribution in [2.24, 2.45) is 0 Å². The monoisotopic (exact) mass is 289 g/mol. The summed E-state index contributed by atoms with van der Waals surface area (Å²) in [5, 5.41) is 1.91. The Morgan fingerprint density at radius 1 is 1.10 bits per heavy atom. The SMILES string of the molecule is COCCN1C(=O)c2cccc3c(Cl)ccc(c23)C1=O. The van der Waals surface area contributed by atoms with Crippen molar-refractivity contribution in [3.63, 3.8) is 0 Å². The molecule has 0 unspecified atom stereocenters. The molecule has 102 valence electrons. The summed E-state index contributed by atoms with van der Waals surface area (Å²) in [6, 6.07) is 8.66. The lowest BCUT2D eigenvalue weighted by Gasteiger charge is -2.27. The van der Waals surface area contributed by atoms with Gasteiger partial charge in [-0.15, -0.1) is 0 Å². The first-order valence-corrected chi connectivity index (χ1v) is 6.59. The Morgan fingerprint density at radius 2 is 1.80 bits per heavy atom. The quantitative estimate of drug-likeness (QED) is 0.816. The average Bonchev–Trinajstić information content (AvgIpc) is 2.46.